The van der Waals surface area contributed by atoms with E-state index >= 15 is 0 Å². The summed E-state index contributed by atoms with van der Waals surface area (Å²) in [5.41, 5.74) is 3.15. The lowest BCUT2D eigenvalue weighted by molar-refractivity contribution is -0.118. The topological polar surface area (TPSA) is 64.1 Å². The van der Waals surface area contributed by atoms with E-state index in [-0.39, 0.29) is 23.0 Å². The molecule has 0 radical (unpaired) electrons. The molecule has 2 aliphatic rings. The Labute approximate surface area is 271 Å². The number of nitrogens with one attached hydrogen (secondary N) is 1. The lowest BCUT2D eigenvalue weighted by Gasteiger charge is -2.45. The highest BCUT2D eigenvalue weighted by Gasteiger charge is 2.62. The van der Waals surface area contributed by atoms with Crippen LogP contribution in [0.1, 0.15) is 39.2 Å². The maximum absolute atomic E-state index is 13.5. The highest BCUT2D eigenvalue weighted by Crippen LogP contribution is 2.59. The van der Waals surface area contributed by atoms with Gasteiger partial charge in [-0.15, -0.1) is 0 Å². The number of aromatic nitrogens is 2. The van der Waals surface area contributed by atoms with Gasteiger partial charge in [0.1, 0.15) is 5.82 Å². The fraction of sp³-hybridized carbons (Fsp3) is 0.289. The molecule has 0 bridgehead atoms. The van der Waals surface area contributed by atoms with E-state index in [1.165, 1.54) is 10.4 Å². The highest BCUT2D eigenvalue weighted by atomic mass is 35.5. The third-order valence-electron chi connectivity index (χ3n) is 9.85. The molecule has 5 aromatic rings. The molecular weight excluding hydrogens is 594 g/mol. The second kappa shape index (κ2) is 11.5. The van der Waals surface area contributed by atoms with Gasteiger partial charge in [0.25, 0.3) is 8.32 Å². The van der Waals surface area contributed by atoms with Crippen molar-refractivity contribution >= 4 is 52.8 Å². The highest BCUT2D eigenvalue weighted by molar-refractivity contribution is 6.99. The predicted molar refractivity (Wildman–Crippen MR) is 186 cm³/mol. The average molecular weight is 632 g/mol. The predicted octanol–water partition coefficient (Wildman–Crippen LogP) is 7.80. The molecule has 1 amide bonds. The zero-order chi connectivity index (χ0) is 31.3. The molecule has 0 spiro atoms. The van der Waals surface area contributed by atoms with E-state index < -0.39 is 8.32 Å². The van der Waals surface area contributed by atoms with Gasteiger partial charge in [-0.1, -0.05) is 93.0 Å². The average Bonchev–Trinajstić information content (AvgIpc) is 3.54. The van der Waals surface area contributed by atoms with E-state index in [2.05, 4.69) is 110 Å². The lowest BCUT2D eigenvalue weighted by Crippen LogP contribution is -2.67. The molecule has 0 saturated heterocycles. The van der Waals surface area contributed by atoms with Crippen LogP contribution in [0.3, 0.4) is 0 Å². The second-order valence-corrected chi connectivity index (χ2v) is 18.3. The van der Waals surface area contributed by atoms with E-state index in [1.54, 1.807) is 12.4 Å². The lowest BCUT2D eigenvalue weighted by atomic mass is 10.00. The number of pyridine rings is 2. The third-order valence-corrected chi connectivity index (χ3v) is 15.3. The molecular formula is C38H38ClN3O2Si. The van der Waals surface area contributed by atoms with Gasteiger partial charge in [-0.3, -0.25) is 9.78 Å². The van der Waals surface area contributed by atoms with Gasteiger partial charge in [0.05, 0.1) is 5.02 Å². The molecule has 2 atom stereocenters. The first-order valence-corrected chi connectivity index (χ1v) is 18.0. The minimum Gasteiger partial charge on any atom is -0.404 e. The van der Waals surface area contributed by atoms with E-state index in [9.17, 15) is 4.79 Å². The summed E-state index contributed by atoms with van der Waals surface area (Å²) in [7, 11) is -2.62. The fourth-order valence-electron chi connectivity index (χ4n) is 7.63. The van der Waals surface area contributed by atoms with Crippen LogP contribution in [0.25, 0.3) is 21.9 Å². The van der Waals surface area contributed by atoms with Gasteiger partial charge >= 0.3 is 0 Å². The van der Waals surface area contributed by atoms with E-state index in [0.717, 1.165) is 40.3 Å². The number of amides is 1. The quantitative estimate of drug-likeness (QED) is 0.186. The minimum absolute atomic E-state index is 0.00512. The maximum atomic E-state index is 13.5. The van der Waals surface area contributed by atoms with Crippen molar-refractivity contribution in [3.63, 3.8) is 0 Å². The number of benzene rings is 3. The Hall–Kier alpha value is -3.84. The molecule has 45 heavy (non-hydrogen) atoms. The molecule has 2 saturated carbocycles. The summed E-state index contributed by atoms with van der Waals surface area (Å²) in [5.74, 6) is 1.26. The fourth-order valence-corrected chi connectivity index (χ4v) is 12.6. The molecule has 2 aliphatic carbocycles. The summed E-state index contributed by atoms with van der Waals surface area (Å²) in [6.07, 6.45) is 7.33. The van der Waals surface area contributed by atoms with Crippen LogP contribution in [-0.2, 0) is 9.22 Å². The summed E-state index contributed by atoms with van der Waals surface area (Å²) in [5, 5.41) is 8.04. The van der Waals surface area contributed by atoms with Crippen molar-refractivity contribution in [2.45, 2.75) is 51.7 Å². The first-order chi connectivity index (χ1) is 21.7. The van der Waals surface area contributed by atoms with Crippen molar-refractivity contribution in [3.8, 4) is 11.1 Å². The van der Waals surface area contributed by atoms with Crippen molar-refractivity contribution < 1.29 is 9.22 Å². The molecule has 7 rings (SSSR count). The Bertz CT molecular complexity index is 1820. The second-order valence-electron chi connectivity index (χ2n) is 13.7. The number of fused-ring (bicyclic) bond motifs is 2. The summed E-state index contributed by atoms with van der Waals surface area (Å²) >= 11 is 6.66. The third kappa shape index (κ3) is 5.39. The number of nitrogens with zero attached hydrogens (tertiary/aromatic N) is 2. The van der Waals surface area contributed by atoms with Gasteiger partial charge in [0.15, 0.2) is 0 Å². The van der Waals surface area contributed by atoms with Gasteiger partial charge in [-0.2, -0.15) is 0 Å². The van der Waals surface area contributed by atoms with E-state index in [0.29, 0.717) is 22.7 Å². The number of aryl methyl sites for hydroxylation is 1. The molecule has 2 aromatic heterocycles. The zero-order valence-corrected chi connectivity index (χ0v) is 27.9. The van der Waals surface area contributed by atoms with Gasteiger partial charge < -0.3 is 9.74 Å². The molecule has 3 aromatic carbocycles. The number of hydrogen-bond acceptors (Lipinski definition) is 4. The van der Waals surface area contributed by atoms with Crippen LogP contribution in [0.15, 0.2) is 104 Å². The number of rotatable bonds is 7. The van der Waals surface area contributed by atoms with Gasteiger partial charge in [0.2, 0.25) is 5.91 Å². The Morgan fingerprint density at radius 2 is 1.56 bits per heavy atom. The summed E-state index contributed by atoms with van der Waals surface area (Å²) in [6, 6.07) is 29.5. The van der Waals surface area contributed by atoms with E-state index in [1.807, 2.05) is 24.4 Å². The molecule has 0 aliphatic heterocycles. The summed E-state index contributed by atoms with van der Waals surface area (Å²) in [6.45, 7) is 9.01. The van der Waals surface area contributed by atoms with Crippen LogP contribution in [0.4, 0.5) is 5.82 Å². The van der Waals surface area contributed by atoms with Crippen LogP contribution < -0.4 is 15.7 Å². The monoisotopic (exact) mass is 631 g/mol. The Balaban J connectivity index is 1.08. The Morgan fingerprint density at radius 3 is 2.16 bits per heavy atom. The molecule has 5 nitrogen and oxygen atoms in total. The van der Waals surface area contributed by atoms with Crippen molar-refractivity contribution in [1.29, 1.82) is 0 Å². The molecule has 2 fully saturated rings. The number of hydrogen-bond donors (Lipinski definition) is 1. The SMILES string of the molecule is Cc1ccncc1-c1cc(Cl)c2cnc(NC(=O)C3C4CC(O[Si](c5ccccc5)(c5ccccc5)C(C)(C)C)CC43)cc2c1. The first kappa shape index (κ1) is 29.8. The Kier molecular flexibility index (Phi) is 7.63. The van der Waals surface area contributed by atoms with Crippen LogP contribution in [0, 0.1) is 24.7 Å². The van der Waals surface area contributed by atoms with Crippen LogP contribution in [-0.4, -0.2) is 30.3 Å². The summed E-state index contributed by atoms with van der Waals surface area (Å²) in [4.78, 5) is 22.3. The summed E-state index contributed by atoms with van der Waals surface area (Å²) < 4.78 is 7.38. The molecule has 7 heteroatoms. The molecule has 2 unspecified atom stereocenters. The maximum Gasteiger partial charge on any atom is 0.261 e. The number of carbonyl (C=O) groups excluding carboxylic acids is 1. The largest absolute Gasteiger partial charge is 0.404 e. The van der Waals surface area contributed by atoms with Crippen LogP contribution in [0.5, 0.6) is 0 Å². The van der Waals surface area contributed by atoms with Crippen molar-refractivity contribution in [2.75, 3.05) is 5.32 Å². The van der Waals surface area contributed by atoms with E-state index in [4.69, 9.17) is 16.0 Å². The number of carbonyl (C=O) groups is 1. The molecule has 1 N–H and O–H groups in total. The Morgan fingerprint density at radius 1 is 0.911 bits per heavy atom. The van der Waals surface area contributed by atoms with Crippen molar-refractivity contribution in [1.82, 2.24) is 9.97 Å². The normalized spacial score (nSPS) is 21.0. The number of anilines is 1. The molecule has 228 valence electrons. The zero-order valence-electron chi connectivity index (χ0n) is 26.1. The van der Waals surface area contributed by atoms with Gasteiger partial charge in [-0.25, -0.2) is 4.98 Å². The standard InChI is InChI=1S/C38H38ClN3O2Si/c1-24-15-16-40-22-32(24)25-17-26-19-35(41-23-33(26)34(39)18-25)42-37(43)36-30-20-27(21-31(30)36)44-45(38(2,3)4,28-11-7-5-8-12-28)29-13-9-6-10-14-29/h5-19,22-23,27,30-31,36H,20-21H2,1-4H3,(H,41,42,43). The van der Waals surface area contributed by atoms with Crippen LogP contribution in [0.2, 0.25) is 10.1 Å². The number of halogens is 1. The van der Waals surface area contributed by atoms with Gasteiger partial charge in [0, 0.05) is 41.6 Å². The smallest absolute Gasteiger partial charge is 0.261 e. The van der Waals surface area contributed by atoms with Gasteiger partial charge in [-0.05, 0) is 87.8 Å². The van der Waals surface area contributed by atoms with Crippen LogP contribution >= 0.6 is 11.6 Å². The minimum atomic E-state index is -2.62. The van der Waals surface area contributed by atoms with Crippen molar-refractivity contribution in [2.24, 2.45) is 17.8 Å². The van der Waals surface area contributed by atoms with Crippen molar-refractivity contribution in [3.05, 3.63) is 114 Å². The molecule has 2 heterocycles. The first-order valence-electron chi connectivity index (χ1n) is 15.8.